The van der Waals surface area contributed by atoms with Crippen LogP contribution in [0, 0.1) is 5.92 Å². The van der Waals surface area contributed by atoms with Gasteiger partial charge in [0.1, 0.15) is 5.82 Å². The molecule has 5 heteroatoms. The topological polar surface area (TPSA) is 67.2 Å². The first kappa shape index (κ1) is 19.1. The highest BCUT2D eigenvalue weighted by Crippen LogP contribution is 2.34. The third-order valence-corrected chi connectivity index (χ3v) is 6.64. The van der Waals surface area contributed by atoms with Crippen LogP contribution in [0.2, 0.25) is 0 Å². The van der Waals surface area contributed by atoms with E-state index in [1.807, 2.05) is 36.5 Å². The average Bonchev–Trinajstić information content (AvgIpc) is 3.34. The van der Waals surface area contributed by atoms with Crippen LogP contribution in [0.15, 0.2) is 60.8 Å². The van der Waals surface area contributed by atoms with E-state index < -0.39 is 6.10 Å². The van der Waals surface area contributed by atoms with Gasteiger partial charge in [0, 0.05) is 23.6 Å². The zero-order chi connectivity index (χ0) is 20.5. The highest BCUT2D eigenvalue weighted by molar-refractivity contribution is 5.94. The third-order valence-electron chi connectivity index (χ3n) is 6.64. The summed E-state index contributed by atoms with van der Waals surface area (Å²) in [6.07, 6.45) is 5.79. The second-order valence-electron chi connectivity index (χ2n) is 8.53. The fourth-order valence-electron chi connectivity index (χ4n) is 4.91. The quantitative estimate of drug-likeness (QED) is 0.534. The molecule has 1 fully saturated rings. The van der Waals surface area contributed by atoms with E-state index in [-0.39, 0.29) is 17.9 Å². The molecule has 3 aromatic rings. The van der Waals surface area contributed by atoms with Crippen molar-refractivity contribution in [1.29, 1.82) is 0 Å². The fourth-order valence-corrected chi connectivity index (χ4v) is 4.91. The number of aliphatic hydroxyl groups excluding tert-OH is 1. The lowest BCUT2D eigenvalue weighted by Gasteiger charge is -2.32. The van der Waals surface area contributed by atoms with Crippen molar-refractivity contribution >= 4 is 5.91 Å². The second-order valence-corrected chi connectivity index (χ2v) is 8.53. The highest BCUT2D eigenvalue weighted by atomic mass is 16.3. The zero-order valence-corrected chi connectivity index (χ0v) is 17.0. The molecule has 2 heterocycles. The molecule has 0 radical (unpaired) electrons. The van der Waals surface area contributed by atoms with Gasteiger partial charge in [-0.25, -0.2) is 4.98 Å². The lowest BCUT2D eigenvalue weighted by molar-refractivity contribution is 0.0727. The first-order chi connectivity index (χ1) is 14.7. The SMILES string of the molecule is O=C(N[C@H]1CC[C@H](C(O)Cc2ncc3n2Cc2ccccc2-3)CC1)c1ccccc1. The van der Waals surface area contributed by atoms with E-state index in [1.54, 1.807) is 0 Å². The van der Waals surface area contributed by atoms with Crippen molar-refractivity contribution in [3.63, 3.8) is 0 Å². The Labute approximate surface area is 176 Å². The fraction of sp³-hybridized carbons (Fsp3) is 0.360. The van der Waals surface area contributed by atoms with E-state index in [0.717, 1.165) is 43.7 Å². The molecule has 1 saturated carbocycles. The summed E-state index contributed by atoms with van der Waals surface area (Å²) in [7, 11) is 0. The average molecular weight is 402 g/mol. The molecular weight excluding hydrogens is 374 g/mol. The molecule has 2 aromatic carbocycles. The van der Waals surface area contributed by atoms with Crippen molar-refractivity contribution < 1.29 is 9.90 Å². The lowest BCUT2D eigenvalue weighted by atomic mass is 9.81. The Balaban J connectivity index is 1.16. The Morgan fingerprint density at radius 3 is 2.60 bits per heavy atom. The van der Waals surface area contributed by atoms with Crippen LogP contribution >= 0.6 is 0 Å². The van der Waals surface area contributed by atoms with Crippen LogP contribution < -0.4 is 5.32 Å². The Morgan fingerprint density at radius 1 is 1.07 bits per heavy atom. The molecule has 154 valence electrons. The number of aromatic nitrogens is 2. The van der Waals surface area contributed by atoms with Gasteiger partial charge in [-0.3, -0.25) is 4.79 Å². The normalized spacial score (nSPS) is 21.0. The molecule has 1 amide bonds. The minimum Gasteiger partial charge on any atom is -0.392 e. The monoisotopic (exact) mass is 401 g/mol. The lowest BCUT2D eigenvalue weighted by Crippen LogP contribution is -2.39. The summed E-state index contributed by atoms with van der Waals surface area (Å²) in [6, 6.07) is 18.0. The van der Waals surface area contributed by atoms with Gasteiger partial charge in [0.15, 0.2) is 0 Å². The molecule has 2 N–H and O–H groups in total. The number of benzene rings is 2. The van der Waals surface area contributed by atoms with Gasteiger partial charge < -0.3 is 15.0 Å². The van der Waals surface area contributed by atoms with Crippen molar-refractivity contribution in [3.05, 3.63) is 77.7 Å². The maximum atomic E-state index is 12.4. The van der Waals surface area contributed by atoms with E-state index in [0.29, 0.717) is 12.0 Å². The van der Waals surface area contributed by atoms with Gasteiger partial charge in [-0.15, -0.1) is 0 Å². The molecule has 1 aliphatic carbocycles. The van der Waals surface area contributed by atoms with Crippen LogP contribution in [0.5, 0.6) is 0 Å². The highest BCUT2D eigenvalue weighted by Gasteiger charge is 2.29. The summed E-state index contributed by atoms with van der Waals surface area (Å²) in [5.74, 6) is 1.21. The van der Waals surface area contributed by atoms with Crippen molar-refractivity contribution in [3.8, 4) is 11.3 Å². The molecule has 1 unspecified atom stereocenters. The molecular formula is C25H27N3O2. The summed E-state index contributed by atoms with van der Waals surface area (Å²) in [5.41, 5.74) is 4.43. The molecule has 5 rings (SSSR count). The number of imidazole rings is 1. The van der Waals surface area contributed by atoms with Crippen LogP contribution in [-0.4, -0.2) is 32.7 Å². The molecule has 2 aliphatic rings. The van der Waals surface area contributed by atoms with Crippen molar-refractivity contribution in [2.24, 2.45) is 5.92 Å². The van der Waals surface area contributed by atoms with Crippen molar-refractivity contribution in [1.82, 2.24) is 14.9 Å². The Bertz CT molecular complexity index is 1040. The first-order valence-electron chi connectivity index (χ1n) is 10.9. The number of nitrogens with zero attached hydrogens (tertiary/aromatic N) is 2. The van der Waals surface area contributed by atoms with Gasteiger partial charge in [-0.1, -0.05) is 42.5 Å². The standard InChI is InChI=1S/C25H27N3O2/c29-23(14-24-26-15-22-21-9-5-4-8-19(21)16-28(22)24)17-10-12-20(13-11-17)27-25(30)18-6-2-1-3-7-18/h1-9,15,17,20,23,29H,10-14,16H2,(H,27,30)/t17-,20-,23?. The molecule has 1 aliphatic heterocycles. The van der Waals surface area contributed by atoms with Gasteiger partial charge in [0.25, 0.3) is 5.91 Å². The summed E-state index contributed by atoms with van der Waals surface area (Å²) in [6.45, 7) is 0.839. The molecule has 1 aromatic heterocycles. The Hall–Kier alpha value is -2.92. The van der Waals surface area contributed by atoms with Gasteiger partial charge in [-0.05, 0) is 49.3 Å². The molecule has 1 atom stereocenters. The maximum Gasteiger partial charge on any atom is 0.251 e. The van der Waals surface area contributed by atoms with E-state index in [9.17, 15) is 9.90 Å². The predicted octanol–water partition coefficient (Wildman–Crippen LogP) is 3.80. The van der Waals surface area contributed by atoms with Crippen LogP contribution in [0.4, 0.5) is 0 Å². The number of hydrogen-bond acceptors (Lipinski definition) is 3. The van der Waals surface area contributed by atoms with Crippen molar-refractivity contribution in [2.75, 3.05) is 0 Å². The van der Waals surface area contributed by atoms with Crippen LogP contribution in [0.3, 0.4) is 0 Å². The summed E-state index contributed by atoms with van der Waals surface area (Å²) in [4.78, 5) is 17.0. The number of rotatable bonds is 5. The minimum absolute atomic E-state index is 0.00730. The number of amides is 1. The van der Waals surface area contributed by atoms with Gasteiger partial charge in [0.05, 0.1) is 24.5 Å². The van der Waals surface area contributed by atoms with Gasteiger partial charge >= 0.3 is 0 Å². The number of carbonyl (C=O) groups excluding carboxylic acids is 1. The smallest absolute Gasteiger partial charge is 0.251 e. The summed E-state index contributed by atoms with van der Waals surface area (Å²) < 4.78 is 2.24. The third kappa shape index (κ3) is 3.65. The van der Waals surface area contributed by atoms with E-state index in [2.05, 4.69) is 39.1 Å². The van der Waals surface area contributed by atoms with Gasteiger partial charge in [0.2, 0.25) is 0 Å². The van der Waals surface area contributed by atoms with Crippen LogP contribution in [0.25, 0.3) is 11.3 Å². The largest absolute Gasteiger partial charge is 0.392 e. The van der Waals surface area contributed by atoms with E-state index in [1.165, 1.54) is 11.1 Å². The summed E-state index contributed by atoms with van der Waals surface area (Å²) >= 11 is 0. The molecule has 5 nitrogen and oxygen atoms in total. The minimum atomic E-state index is -0.397. The number of aliphatic hydroxyl groups is 1. The number of nitrogens with one attached hydrogen (secondary N) is 1. The predicted molar refractivity (Wildman–Crippen MR) is 116 cm³/mol. The second kappa shape index (κ2) is 8.07. The molecule has 0 saturated heterocycles. The Kier molecular flexibility index (Phi) is 5.13. The Morgan fingerprint density at radius 2 is 1.80 bits per heavy atom. The maximum absolute atomic E-state index is 12.4. The molecule has 0 spiro atoms. The van der Waals surface area contributed by atoms with Gasteiger partial charge in [-0.2, -0.15) is 0 Å². The molecule has 0 bridgehead atoms. The molecule has 30 heavy (non-hydrogen) atoms. The van der Waals surface area contributed by atoms with Crippen LogP contribution in [0.1, 0.15) is 47.4 Å². The van der Waals surface area contributed by atoms with E-state index in [4.69, 9.17) is 0 Å². The summed E-state index contributed by atoms with van der Waals surface area (Å²) in [5, 5.41) is 14.0. The number of fused-ring (bicyclic) bond motifs is 3. The first-order valence-corrected chi connectivity index (χ1v) is 10.9. The zero-order valence-electron chi connectivity index (χ0n) is 17.0. The number of hydrogen-bond donors (Lipinski definition) is 2. The van der Waals surface area contributed by atoms with Crippen LogP contribution in [-0.2, 0) is 13.0 Å². The van der Waals surface area contributed by atoms with Crippen molar-refractivity contribution in [2.45, 2.75) is 50.8 Å². The number of carbonyl (C=O) groups is 1. The van der Waals surface area contributed by atoms with E-state index >= 15 is 0 Å².